The van der Waals surface area contributed by atoms with Crippen molar-refractivity contribution in [2.75, 3.05) is 5.75 Å². The second kappa shape index (κ2) is 6.53. The maximum Gasteiger partial charge on any atom is 0.326 e. The van der Waals surface area contributed by atoms with E-state index in [0.717, 1.165) is 28.7 Å². The molecule has 0 amide bonds. The first-order valence-corrected chi connectivity index (χ1v) is 9.76. The van der Waals surface area contributed by atoms with Gasteiger partial charge < -0.3 is 4.98 Å². The summed E-state index contributed by atoms with van der Waals surface area (Å²) in [5, 5.41) is 2.60. The number of H-pyrrole nitrogens is 1. The lowest BCUT2D eigenvalue weighted by Crippen LogP contribution is -2.19. The van der Waals surface area contributed by atoms with Gasteiger partial charge in [0.15, 0.2) is 5.16 Å². The van der Waals surface area contributed by atoms with Crippen LogP contribution >= 0.6 is 23.1 Å². The Kier molecular flexibility index (Phi) is 4.22. The van der Waals surface area contributed by atoms with Gasteiger partial charge in [-0.05, 0) is 30.0 Å². The number of nitrogens with zero attached hydrogens (tertiary/aromatic N) is 3. The third-order valence-electron chi connectivity index (χ3n) is 4.09. The van der Waals surface area contributed by atoms with Crippen LogP contribution in [0.15, 0.2) is 50.5 Å². The molecule has 0 saturated carbocycles. The highest BCUT2D eigenvalue weighted by Crippen LogP contribution is 2.21. The smallest absolute Gasteiger partial charge is 0.306 e. The number of aromatic amines is 1. The minimum Gasteiger partial charge on any atom is -0.306 e. The number of aromatic nitrogens is 4. The Morgan fingerprint density at radius 2 is 2.08 bits per heavy atom. The zero-order valence-electron chi connectivity index (χ0n) is 13.6. The van der Waals surface area contributed by atoms with Crippen molar-refractivity contribution in [3.8, 4) is 0 Å². The Labute approximate surface area is 151 Å². The first-order chi connectivity index (χ1) is 12.1. The van der Waals surface area contributed by atoms with Crippen LogP contribution in [0, 0.1) is 0 Å². The van der Waals surface area contributed by atoms with E-state index in [1.807, 2.05) is 35.7 Å². The Bertz CT molecular complexity index is 1170. The van der Waals surface area contributed by atoms with Crippen molar-refractivity contribution in [3.05, 3.63) is 56.5 Å². The predicted molar refractivity (Wildman–Crippen MR) is 103 cm³/mol. The first kappa shape index (κ1) is 16.2. The summed E-state index contributed by atoms with van der Waals surface area (Å²) < 4.78 is 4.04. The fourth-order valence-electron chi connectivity index (χ4n) is 2.81. The van der Waals surface area contributed by atoms with Gasteiger partial charge >= 0.3 is 5.69 Å². The Morgan fingerprint density at radius 3 is 2.96 bits per heavy atom. The molecule has 0 fully saturated rings. The highest BCUT2D eigenvalue weighted by atomic mass is 32.2. The molecular formula is C17H16N4O2S2. The fourth-order valence-corrected chi connectivity index (χ4v) is 4.51. The van der Waals surface area contributed by atoms with Gasteiger partial charge in [-0.15, -0.1) is 11.3 Å². The Morgan fingerprint density at radius 1 is 1.24 bits per heavy atom. The highest BCUT2D eigenvalue weighted by molar-refractivity contribution is 7.99. The van der Waals surface area contributed by atoms with E-state index < -0.39 is 0 Å². The molecule has 3 aromatic heterocycles. The molecule has 6 nitrogen and oxygen atoms in total. The normalized spacial score (nSPS) is 11.6. The molecule has 4 aromatic rings. The van der Waals surface area contributed by atoms with Gasteiger partial charge in [-0.25, -0.2) is 9.78 Å². The molecule has 128 valence electrons. The van der Waals surface area contributed by atoms with Crippen molar-refractivity contribution in [2.45, 2.75) is 18.1 Å². The quantitative estimate of drug-likeness (QED) is 0.332. The molecule has 3 heterocycles. The van der Waals surface area contributed by atoms with Gasteiger partial charge in [-0.1, -0.05) is 23.9 Å². The summed E-state index contributed by atoms with van der Waals surface area (Å²) in [7, 11) is 1.75. The van der Waals surface area contributed by atoms with Crippen LogP contribution in [0.5, 0.6) is 0 Å². The van der Waals surface area contributed by atoms with Crippen molar-refractivity contribution < 1.29 is 0 Å². The van der Waals surface area contributed by atoms with Crippen molar-refractivity contribution in [1.82, 2.24) is 19.1 Å². The molecule has 1 N–H and O–H groups in total. The second-order valence-electron chi connectivity index (χ2n) is 5.69. The average Bonchev–Trinajstić information content (AvgIpc) is 3.20. The highest BCUT2D eigenvalue weighted by Gasteiger charge is 2.10. The Balaban J connectivity index is 1.48. The van der Waals surface area contributed by atoms with Crippen LogP contribution in [0.25, 0.3) is 21.3 Å². The number of nitrogens with one attached hydrogen (secondary N) is 1. The third kappa shape index (κ3) is 2.91. The molecule has 0 atom stereocenters. The minimum absolute atomic E-state index is 0.00431. The summed E-state index contributed by atoms with van der Waals surface area (Å²) in [5.41, 5.74) is 2.44. The van der Waals surface area contributed by atoms with Crippen LogP contribution < -0.4 is 11.2 Å². The summed E-state index contributed by atoms with van der Waals surface area (Å²) in [6, 6.07) is 9.55. The molecule has 4 rings (SSSR count). The second-order valence-corrected chi connectivity index (χ2v) is 7.67. The van der Waals surface area contributed by atoms with E-state index in [-0.39, 0.29) is 11.2 Å². The molecule has 0 aliphatic rings. The van der Waals surface area contributed by atoms with Crippen LogP contribution in [0.2, 0.25) is 0 Å². The number of rotatable bonds is 5. The summed E-state index contributed by atoms with van der Waals surface area (Å²) >= 11 is 2.96. The number of aryl methyl sites for hydroxylation is 1. The predicted octanol–water partition coefficient (Wildman–Crippen LogP) is 2.82. The topological polar surface area (TPSA) is 72.7 Å². The monoisotopic (exact) mass is 372 g/mol. The fraction of sp³-hybridized carbons (Fsp3) is 0.235. The average molecular weight is 372 g/mol. The van der Waals surface area contributed by atoms with Crippen molar-refractivity contribution in [2.24, 2.45) is 7.05 Å². The first-order valence-electron chi connectivity index (χ1n) is 7.90. The summed E-state index contributed by atoms with van der Waals surface area (Å²) in [6.45, 7) is 0.629. The SMILES string of the molecule is Cn1c(SCCCn2c(=O)[nH]c3ccccc32)nc2ccsc2c1=O. The number of para-hydroxylation sites is 2. The lowest BCUT2D eigenvalue weighted by Gasteiger charge is -2.07. The number of fused-ring (bicyclic) bond motifs is 2. The molecular weight excluding hydrogens is 356 g/mol. The van der Waals surface area contributed by atoms with Gasteiger partial charge in [0, 0.05) is 19.3 Å². The molecule has 0 aliphatic carbocycles. The molecule has 0 spiro atoms. The van der Waals surface area contributed by atoms with E-state index in [9.17, 15) is 9.59 Å². The molecule has 0 unspecified atom stereocenters. The molecule has 0 bridgehead atoms. The van der Waals surface area contributed by atoms with E-state index in [4.69, 9.17) is 0 Å². The van der Waals surface area contributed by atoms with E-state index >= 15 is 0 Å². The molecule has 0 radical (unpaired) electrons. The zero-order chi connectivity index (χ0) is 17.4. The lowest BCUT2D eigenvalue weighted by molar-refractivity contribution is 0.676. The molecule has 8 heteroatoms. The summed E-state index contributed by atoms with van der Waals surface area (Å²) in [4.78, 5) is 31.8. The van der Waals surface area contributed by atoms with Gasteiger partial charge in [0.25, 0.3) is 5.56 Å². The van der Waals surface area contributed by atoms with Gasteiger partial charge in [-0.2, -0.15) is 0 Å². The van der Waals surface area contributed by atoms with E-state index in [1.54, 1.807) is 27.9 Å². The maximum atomic E-state index is 12.3. The van der Waals surface area contributed by atoms with Gasteiger partial charge in [0.2, 0.25) is 0 Å². The number of hydrogen-bond donors (Lipinski definition) is 1. The van der Waals surface area contributed by atoms with E-state index in [1.165, 1.54) is 11.3 Å². The largest absolute Gasteiger partial charge is 0.326 e. The number of benzene rings is 1. The van der Waals surface area contributed by atoms with Crippen LogP contribution in [0.1, 0.15) is 6.42 Å². The van der Waals surface area contributed by atoms with Crippen molar-refractivity contribution in [1.29, 1.82) is 0 Å². The lowest BCUT2D eigenvalue weighted by atomic mass is 10.3. The minimum atomic E-state index is -0.0867. The van der Waals surface area contributed by atoms with Crippen LogP contribution in [0.3, 0.4) is 0 Å². The van der Waals surface area contributed by atoms with E-state index in [2.05, 4.69) is 9.97 Å². The van der Waals surface area contributed by atoms with Gasteiger partial charge in [0.05, 0.1) is 16.6 Å². The van der Waals surface area contributed by atoms with Crippen LogP contribution in [-0.4, -0.2) is 24.9 Å². The van der Waals surface area contributed by atoms with Crippen molar-refractivity contribution >= 4 is 44.3 Å². The van der Waals surface area contributed by atoms with Crippen molar-refractivity contribution in [3.63, 3.8) is 0 Å². The number of hydrogen-bond acceptors (Lipinski definition) is 5. The molecule has 0 aliphatic heterocycles. The van der Waals surface area contributed by atoms with Gasteiger partial charge in [0.1, 0.15) is 4.70 Å². The Hall–Kier alpha value is -2.32. The standard InChI is InChI=1S/C17H16N4O2S2/c1-20-15(22)14-12(7-10-24-14)19-17(20)25-9-4-8-21-13-6-3-2-5-11(13)18-16(21)23/h2-3,5-7,10H,4,8-9H2,1H3,(H,18,23). The zero-order valence-corrected chi connectivity index (χ0v) is 15.2. The summed E-state index contributed by atoms with van der Waals surface area (Å²) in [6.07, 6.45) is 0.809. The maximum absolute atomic E-state index is 12.3. The third-order valence-corrected chi connectivity index (χ3v) is 6.09. The van der Waals surface area contributed by atoms with Crippen LogP contribution in [0.4, 0.5) is 0 Å². The number of thioether (sulfide) groups is 1. The van der Waals surface area contributed by atoms with Crippen LogP contribution in [-0.2, 0) is 13.6 Å². The summed E-state index contributed by atoms with van der Waals surface area (Å²) in [5.74, 6) is 0.780. The number of thiophene rings is 1. The molecule has 1 aromatic carbocycles. The van der Waals surface area contributed by atoms with Gasteiger partial charge in [-0.3, -0.25) is 13.9 Å². The molecule has 25 heavy (non-hydrogen) atoms. The number of imidazole rings is 1. The van der Waals surface area contributed by atoms with E-state index in [0.29, 0.717) is 16.4 Å². The molecule has 0 saturated heterocycles.